The van der Waals surface area contributed by atoms with E-state index < -0.39 is 0 Å². The van der Waals surface area contributed by atoms with E-state index in [1.807, 2.05) is 36.4 Å². The molecule has 0 unspecified atom stereocenters. The van der Waals surface area contributed by atoms with Gasteiger partial charge in [-0.1, -0.05) is 54.1 Å². The molecule has 5 nitrogen and oxygen atoms in total. The number of methoxy groups -OCH3 is 1. The summed E-state index contributed by atoms with van der Waals surface area (Å²) in [6.07, 6.45) is 4.97. The van der Waals surface area contributed by atoms with Gasteiger partial charge in [-0.05, 0) is 53.6 Å². The first-order valence-electron chi connectivity index (χ1n) is 9.58. The number of ether oxygens (including phenoxy) is 1. The number of rotatable bonds is 6. The van der Waals surface area contributed by atoms with Gasteiger partial charge in [0.15, 0.2) is 5.78 Å². The summed E-state index contributed by atoms with van der Waals surface area (Å²) in [4.78, 5) is 28.0. The number of imidazole rings is 1. The van der Waals surface area contributed by atoms with Crippen LogP contribution in [-0.2, 0) is 0 Å². The molecule has 0 spiro atoms. The van der Waals surface area contributed by atoms with Crippen LogP contribution < -0.4 is 10.4 Å². The molecule has 0 bridgehead atoms. The summed E-state index contributed by atoms with van der Waals surface area (Å²) in [5.74, 6) is 0.602. The van der Waals surface area contributed by atoms with Crippen molar-refractivity contribution >= 4 is 23.5 Å². The van der Waals surface area contributed by atoms with Crippen LogP contribution in [0.5, 0.6) is 5.75 Å². The minimum absolute atomic E-state index is 0.154. The molecule has 1 aromatic heterocycles. The second kappa shape index (κ2) is 8.90. The quantitative estimate of drug-likeness (QED) is 0.329. The van der Waals surface area contributed by atoms with Crippen LogP contribution in [0.2, 0.25) is 5.02 Å². The number of ketones is 1. The van der Waals surface area contributed by atoms with E-state index in [0.717, 1.165) is 16.9 Å². The highest BCUT2D eigenvalue weighted by atomic mass is 35.5. The number of nitrogens with one attached hydrogen (secondary N) is 1. The highest BCUT2D eigenvalue weighted by Crippen LogP contribution is 2.20. The summed E-state index contributed by atoms with van der Waals surface area (Å²) in [5, 5.41) is 0.624. The van der Waals surface area contributed by atoms with Gasteiger partial charge in [0.05, 0.1) is 18.5 Å². The molecule has 4 aromatic rings. The Bertz CT molecular complexity index is 1300. The van der Waals surface area contributed by atoms with Gasteiger partial charge < -0.3 is 9.72 Å². The fraction of sp³-hybridized carbons (Fsp3) is 0.0400. The molecule has 1 N–H and O–H groups in total. The van der Waals surface area contributed by atoms with Crippen molar-refractivity contribution in [2.24, 2.45) is 0 Å². The average Bonchev–Trinajstić information content (AvgIpc) is 3.20. The topological polar surface area (TPSA) is 64.1 Å². The van der Waals surface area contributed by atoms with E-state index in [1.165, 1.54) is 10.6 Å². The SMILES string of the molecule is COc1ccc(C=CC(=O)c2cccc(-n3cc(-c4ccc(Cl)cc4)[nH]c3=O)c2)cc1. The number of H-pyrrole nitrogens is 1. The van der Waals surface area contributed by atoms with E-state index in [0.29, 0.717) is 22.0 Å². The molecule has 154 valence electrons. The van der Waals surface area contributed by atoms with E-state index in [-0.39, 0.29) is 11.5 Å². The molecule has 31 heavy (non-hydrogen) atoms. The number of benzene rings is 3. The summed E-state index contributed by atoms with van der Waals surface area (Å²) in [6, 6.07) is 21.6. The lowest BCUT2D eigenvalue weighted by atomic mass is 10.1. The lowest BCUT2D eigenvalue weighted by Gasteiger charge is -2.03. The van der Waals surface area contributed by atoms with Gasteiger partial charge in [0.2, 0.25) is 0 Å². The van der Waals surface area contributed by atoms with E-state index in [4.69, 9.17) is 16.3 Å². The highest BCUT2D eigenvalue weighted by molar-refractivity contribution is 6.30. The molecule has 0 amide bonds. The number of aromatic amines is 1. The van der Waals surface area contributed by atoms with Gasteiger partial charge in [0, 0.05) is 16.8 Å². The van der Waals surface area contributed by atoms with Crippen molar-refractivity contribution in [3.8, 4) is 22.7 Å². The van der Waals surface area contributed by atoms with Gasteiger partial charge in [-0.2, -0.15) is 0 Å². The largest absolute Gasteiger partial charge is 0.497 e. The second-order valence-electron chi connectivity index (χ2n) is 6.87. The minimum atomic E-state index is -0.289. The van der Waals surface area contributed by atoms with E-state index in [1.54, 1.807) is 55.8 Å². The Labute approximate surface area is 184 Å². The zero-order valence-electron chi connectivity index (χ0n) is 16.7. The predicted octanol–water partition coefficient (Wildman–Crippen LogP) is 5.39. The van der Waals surface area contributed by atoms with Crippen molar-refractivity contribution in [1.29, 1.82) is 0 Å². The number of aromatic nitrogens is 2. The number of nitrogens with zero attached hydrogens (tertiary/aromatic N) is 1. The van der Waals surface area contributed by atoms with Crippen LogP contribution in [0.4, 0.5) is 0 Å². The van der Waals surface area contributed by atoms with Gasteiger partial charge in [-0.15, -0.1) is 0 Å². The van der Waals surface area contributed by atoms with Crippen molar-refractivity contribution in [3.05, 3.63) is 112 Å². The molecule has 0 aliphatic rings. The fourth-order valence-corrected chi connectivity index (χ4v) is 3.28. The minimum Gasteiger partial charge on any atom is -0.497 e. The Hall–Kier alpha value is -3.83. The van der Waals surface area contributed by atoms with Gasteiger partial charge in [0.1, 0.15) is 5.75 Å². The van der Waals surface area contributed by atoms with Crippen LogP contribution in [0.15, 0.2) is 89.9 Å². The molecule has 0 saturated heterocycles. The molecule has 0 radical (unpaired) electrons. The van der Waals surface area contributed by atoms with E-state index in [2.05, 4.69) is 4.98 Å². The Morgan fingerprint density at radius 2 is 1.77 bits per heavy atom. The summed E-state index contributed by atoms with van der Waals surface area (Å²) in [7, 11) is 1.61. The number of halogens is 1. The van der Waals surface area contributed by atoms with Gasteiger partial charge >= 0.3 is 5.69 Å². The van der Waals surface area contributed by atoms with Crippen molar-refractivity contribution in [2.45, 2.75) is 0 Å². The third kappa shape index (κ3) is 4.68. The number of carbonyl (C=O) groups is 1. The summed E-state index contributed by atoms with van der Waals surface area (Å²) in [6.45, 7) is 0. The zero-order chi connectivity index (χ0) is 21.8. The van der Waals surface area contributed by atoms with Gasteiger partial charge in [-0.25, -0.2) is 4.79 Å². The fourth-order valence-electron chi connectivity index (χ4n) is 3.16. The lowest BCUT2D eigenvalue weighted by Crippen LogP contribution is -2.14. The number of hydrogen-bond acceptors (Lipinski definition) is 3. The molecular weight excluding hydrogens is 412 g/mol. The van der Waals surface area contributed by atoms with Crippen LogP contribution in [0, 0.1) is 0 Å². The lowest BCUT2D eigenvalue weighted by molar-refractivity contribution is 0.104. The van der Waals surface area contributed by atoms with Gasteiger partial charge in [0.25, 0.3) is 0 Å². The number of hydrogen-bond donors (Lipinski definition) is 1. The number of carbonyl (C=O) groups excluding carboxylic acids is 1. The maximum absolute atomic E-state index is 12.6. The molecular formula is C25H19ClN2O3. The Morgan fingerprint density at radius 1 is 1.03 bits per heavy atom. The predicted molar refractivity (Wildman–Crippen MR) is 123 cm³/mol. The Kier molecular flexibility index (Phi) is 5.87. The third-order valence-corrected chi connectivity index (χ3v) is 5.08. The maximum atomic E-state index is 12.6. The molecule has 1 heterocycles. The molecule has 6 heteroatoms. The molecule has 0 fully saturated rings. The summed E-state index contributed by atoms with van der Waals surface area (Å²) >= 11 is 5.94. The van der Waals surface area contributed by atoms with Gasteiger partial charge in [-0.3, -0.25) is 9.36 Å². The van der Waals surface area contributed by atoms with Crippen LogP contribution in [0.25, 0.3) is 23.0 Å². The van der Waals surface area contributed by atoms with Crippen LogP contribution in [-0.4, -0.2) is 22.4 Å². The normalized spacial score (nSPS) is 11.0. The second-order valence-corrected chi connectivity index (χ2v) is 7.31. The van der Waals surface area contributed by atoms with Crippen LogP contribution in [0.3, 0.4) is 0 Å². The summed E-state index contributed by atoms with van der Waals surface area (Å²) < 4.78 is 6.62. The van der Waals surface area contributed by atoms with Crippen LogP contribution in [0.1, 0.15) is 15.9 Å². The molecule has 0 saturated carbocycles. The monoisotopic (exact) mass is 430 g/mol. The zero-order valence-corrected chi connectivity index (χ0v) is 17.5. The van der Waals surface area contributed by atoms with Crippen molar-refractivity contribution < 1.29 is 9.53 Å². The molecule has 0 aliphatic heterocycles. The number of allylic oxidation sites excluding steroid dienone is 1. The first-order valence-corrected chi connectivity index (χ1v) is 9.96. The van der Waals surface area contributed by atoms with Crippen molar-refractivity contribution in [1.82, 2.24) is 9.55 Å². The van der Waals surface area contributed by atoms with Crippen molar-refractivity contribution in [3.63, 3.8) is 0 Å². The standard InChI is InChI=1S/C25H19ClN2O3/c1-31-22-12-5-17(6-13-22)7-14-24(29)19-3-2-4-21(15-19)28-16-23(27-25(28)30)18-8-10-20(26)11-9-18/h2-16H,1H3,(H,27,30). The molecule has 0 atom stereocenters. The molecule has 4 rings (SSSR count). The maximum Gasteiger partial charge on any atom is 0.330 e. The summed E-state index contributed by atoms with van der Waals surface area (Å²) in [5.41, 5.74) is 3.20. The first kappa shape index (κ1) is 20.4. The van der Waals surface area contributed by atoms with Crippen LogP contribution >= 0.6 is 11.6 Å². The van der Waals surface area contributed by atoms with E-state index in [9.17, 15) is 9.59 Å². The van der Waals surface area contributed by atoms with Crippen molar-refractivity contribution in [2.75, 3.05) is 7.11 Å². The smallest absolute Gasteiger partial charge is 0.330 e. The average molecular weight is 431 g/mol. The highest BCUT2D eigenvalue weighted by Gasteiger charge is 2.09. The third-order valence-electron chi connectivity index (χ3n) is 4.83. The van der Waals surface area contributed by atoms with E-state index >= 15 is 0 Å². The molecule has 0 aliphatic carbocycles. The Morgan fingerprint density at radius 3 is 2.48 bits per heavy atom. The Balaban J connectivity index is 1.58. The first-order chi connectivity index (χ1) is 15.0. The molecule has 3 aromatic carbocycles.